The summed E-state index contributed by atoms with van der Waals surface area (Å²) in [6.07, 6.45) is 1.70. The van der Waals surface area contributed by atoms with E-state index in [0.717, 1.165) is 4.47 Å². The molecule has 0 bridgehead atoms. The SMILES string of the molecule is CCOC(=O)COc1ccc(Br)cc1/C=C1/SC(=Nc2ccc(F)cc2)N(CC)C1=O. The number of halogens is 2. The summed E-state index contributed by atoms with van der Waals surface area (Å²) in [4.78, 5) is 31.0. The summed E-state index contributed by atoms with van der Waals surface area (Å²) in [6, 6.07) is 11.0. The third kappa shape index (κ3) is 5.95. The number of nitrogens with zero attached hydrogens (tertiary/aromatic N) is 2. The van der Waals surface area contributed by atoms with Crippen LogP contribution in [0.25, 0.3) is 6.08 Å². The minimum Gasteiger partial charge on any atom is -0.481 e. The summed E-state index contributed by atoms with van der Waals surface area (Å²) in [5.41, 5.74) is 1.19. The van der Waals surface area contributed by atoms with Crippen LogP contribution in [0.4, 0.5) is 10.1 Å². The Hall–Kier alpha value is -2.65. The van der Waals surface area contributed by atoms with Crippen molar-refractivity contribution in [2.75, 3.05) is 19.8 Å². The lowest BCUT2D eigenvalue weighted by atomic mass is 10.2. The van der Waals surface area contributed by atoms with Crippen LogP contribution < -0.4 is 4.74 Å². The highest BCUT2D eigenvalue weighted by Crippen LogP contribution is 2.36. The van der Waals surface area contributed by atoms with Gasteiger partial charge in [0.05, 0.1) is 17.2 Å². The fourth-order valence-corrected chi connectivity index (χ4v) is 4.17. The molecular formula is C22H20BrFN2O4S. The van der Waals surface area contributed by atoms with Crippen molar-refractivity contribution in [3.63, 3.8) is 0 Å². The Labute approximate surface area is 192 Å². The molecule has 0 spiro atoms. The number of likely N-dealkylation sites (N-methyl/N-ethyl adjacent to an activating group) is 1. The quantitative estimate of drug-likeness (QED) is 0.383. The van der Waals surface area contributed by atoms with Crippen LogP contribution in [0.15, 0.2) is 56.8 Å². The van der Waals surface area contributed by atoms with Crippen LogP contribution in [-0.2, 0) is 14.3 Å². The van der Waals surface area contributed by atoms with Gasteiger partial charge < -0.3 is 9.47 Å². The van der Waals surface area contributed by atoms with Crippen LogP contribution in [0.3, 0.4) is 0 Å². The van der Waals surface area contributed by atoms with Crippen molar-refractivity contribution in [2.24, 2.45) is 4.99 Å². The van der Waals surface area contributed by atoms with Crippen molar-refractivity contribution < 1.29 is 23.5 Å². The first kappa shape index (κ1) is 23.0. The van der Waals surface area contributed by atoms with Gasteiger partial charge in [0.15, 0.2) is 11.8 Å². The number of rotatable bonds is 7. The van der Waals surface area contributed by atoms with Crippen LogP contribution in [0.1, 0.15) is 19.4 Å². The Morgan fingerprint density at radius 3 is 2.65 bits per heavy atom. The van der Waals surface area contributed by atoms with Gasteiger partial charge in [-0.25, -0.2) is 14.2 Å². The van der Waals surface area contributed by atoms with Crippen molar-refractivity contribution in [3.05, 3.63) is 63.2 Å². The number of hydrogen-bond donors (Lipinski definition) is 0. The van der Waals surface area contributed by atoms with Crippen LogP contribution in [0.5, 0.6) is 5.75 Å². The molecule has 1 amide bonds. The molecule has 0 aromatic heterocycles. The number of aliphatic imine (C=N–C) groups is 1. The molecule has 0 atom stereocenters. The first-order chi connectivity index (χ1) is 14.9. The molecule has 31 heavy (non-hydrogen) atoms. The highest BCUT2D eigenvalue weighted by molar-refractivity contribution is 9.10. The predicted molar refractivity (Wildman–Crippen MR) is 123 cm³/mol. The Bertz CT molecular complexity index is 1040. The van der Waals surface area contributed by atoms with E-state index in [2.05, 4.69) is 20.9 Å². The zero-order valence-electron chi connectivity index (χ0n) is 16.9. The molecule has 0 N–H and O–H groups in total. The lowest BCUT2D eigenvalue weighted by Gasteiger charge is -2.12. The Morgan fingerprint density at radius 2 is 1.97 bits per heavy atom. The molecule has 1 aliphatic rings. The van der Waals surface area contributed by atoms with Crippen LogP contribution in [0.2, 0.25) is 0 Å². The number of carbonyl (C=O) groups is 2. The molecule has 1 heterocycles. The normalized spacial score (nSPS) is 16.3. The number of thioether (sulfide) groups is 1. The zero-order chi connectivity index (χ0) is 22.4. The Kier molecular flexibility index (Phi) is 7.86. The van der Waals surface area contributed by atoms with Gasteiger partial charge in [-0.05, 0) is 74.1 Å². The van der Waals surface area contributed by atoms with E-state index in [1.54, 1.807) is 48.2 Å². The molecule has 3 rings (SSSR count). The highest BCUT2D eigenvalue weighted by Gasteiger charge is 2.32. The van der Waals surface area contributed by atoms with Gasteiger partial charge in [0, 0.05) is 16.6 Å². The first-order valence-corrected chi connectivity index (χ1v) is 11.2. The second kappa shape index (κ2) is 10.6. The molecule has 1 saturated heterocycles. The second-order valence-corrected chi connectivity index (χ2v) is 8.23. The number of esters is 1. The summed E-state index contributed by atoms with van der Waals surface area (Å²) >= 11 is 4.64. The van der Waals surface area contributed by atoms with Crippen molar-refractivity contribution in [1.82, 2.24) is 4.90 Å². The highest BCUT2D eigenvalue weighted by atomic mass is 79.9. The number of amidine groups is 1. The van der Waals surface area contributed by atoms with Gasteiger partial charge in [-0.3, -0.25) is 9.69 Å². The van der Waals surface area contributed by atoms with E-state index in [9.17, 15) is 14.0 Å². The van der Waals surface area contributed by atoms with Crippen LogP contribution in [0, 0.1) is 5.82 Å². The lowest BCUT2D eigenvalue weighted by Crippen LogP contribution is -2.28. The van der Waals surface area contributed by atoms with Gasteiger partial charge in [-0.1, -0.05) is 15.9 Å². The lowest BCUT2D eigenvalue weighted by molar-refractivity contribution is -0.145. The van der Waals surface area contributed by atoms with Crippen molar-refractivity contribution >= 4 is 56.5 Å². The van der Waals surface area contributed by atoms with Gasteiger partial charge in [-0.2, -0.15) is 0 Å². The van der Waals surface area contributed by atoms with Crippen molar-refractivity contribution in [1.29, 1.82) is 0 Å². The largest absolute Gasteiger partial charge is 0.481 e. The molecule has 0 aliphatic carbocycles. The van der Waals surface area contributed by atoms with Gasteiger partial charge in [-0.15, -0.1) is 0 Å². The van der Waals surface area contributed by atoms with E-state index < -0.39 is 5.97 Å². The van der Waals surface area contributed by atoms with Gasteiger partial charge in [0.1, 0.15) is 11.6 Å². The number of amides is 1. The topological polar surface area (TPSA) is 68.2 Å². The number of benzene rings is 2. The number of carbonyl (C=O) groups excluding carboxylic acids is 2. The van der Waals surface area contributed by atoms with E-state index in [0.29, 0.717) is 33.6 Å². The van der Waals surface area contributed by atoms with E-state index in [1.807, 2.05) is 6.92 Å². The molecule has 1 aliphatic heterocycles. The summed E-state index contributed by atoms with van der Waals surface area (Å²) in [7, 11) is 0. The van der Waals surface area contributed by atoms with Crippen molar-refractivity contribution in [2.45, 2.75) is 13.8 Å². The average molecular weight is 507 g/mol. The molecule has 1 fully saturated rings. The third-order valence-corrected chi connectivity index (χ3v) is 5.66. The first-order valence-electron chi connectivity index (χ1n) is 9.55. The molecule has 0 unspecified atom stereocenters. The minimum absolute atomic E-state index is 0.190. The van der Waals surface area contributed by atoms with Gasteiger partial charge in [0.2, 0.25) is 0 Å². The zero-order valence-corrected chi connectivity index (χ0v) is 19.3. The fourth-order valence-electron chi connectivity index (χ4n) is 2.74. The smallest absolute Gasteiger partial charge is 0.344 e. The van der Waals surface area contributed by atoms with Crippen molar-refractivity contribution in [3.8, 4) is 5.75 Å². The minimum atomic E-state index is -0.471. The molecule has 2 aromatic rings. The standard InChI is InChI=1S/C22H20BrFN2O4S/c1-3-26-21(28)19(31-22(26)25-17-8-6-16(24)7-9-17)12-14-11-15(23)5-10-18(14)30-13-20(27)29-4-2/h5-12H,3-4,13H2,1-2H3/b19-12+,25-22?. The van der Waals surface area contributed by atoms with Gasteiger partial charge in [0.25, 0.3) is 5.91 Å². The van der Waals surface area contributed by atoms with E-state index in [4.69, 9.17) is 9.47 Å². The molecule has 2 aromatic carbocycles. The molecule has 0 saturated carbocycles. The Morgan fingerprint density at radius 1 is 1.23 bits per heavy atom. The summed E-state index contributed by atoms with van der Waals surface area (Å²) in [6.45, 7) is 4.06. The average Bonchev–Trinajstić information content (AvgIpc) is 3.03. The van der Waals surface area contributed by atoms with E-state index in [1.165, 1.54) is 23.9 Å². The van der Waals surface area contributed by atoms with Gasteiger partial charge >= 0.3 is 5.97 Å². The summed E-state index contributed by atoms with van der Waals surface area (Å²) in [5.74, 6) is -0.563. The molecule has 9 heteroatoms. The summed E-state index contributed by atoms with van der Waals surface area (Å²) < 4.78 is 24.5. The monoisotopic (exact) mass is 506 g/mol. The third-order valence-electron chi connectivity index (χ3n) is 4.16. The molecule has 162 valence electrons. The fraction of sp³-hybridized carbons (Fsp3) is 0.227. The number of ether oxygens (including phenoxy) is 2. The van der Waals surface area contributed by atoms with E-state index in [-0.39, 0.29) is 24.9 Å². The molecule has 6 nitrogen and oxygen atoms in total. The second-order valence-electron chi connectivity index (χ2n) is 6.31. The van der Waals surface area contributed by atoms with E-state index >= 15 is 0 Å². The molecule has 0 radical (unpaired) electrons. The maximum atomic E-state index is 13.2. The molecular weight excluding hydrogens is 487 g/mol. The van der Waals surface area contributed by atoms with Crippen LogP contribution >= 0.6 is 27.7 Å². The maximum absolute atomic E-state index is 13.2. The Balaban J connectivity index is 1.89. The predicted octanol–water partition coefficient (Wildman–Crippen LogP) is 5.15. The maximum Gasteiger partial charge on any atom is 0.344 e. The summed E-state index contributed by atoms with van der Waals surface area (Å²) in [5, 5.41) is 0.509. The number of hydrogen-bond acceptors (Lipinski definition) is 6. The van der Waals surface area contributed by atoms with Crippen LogP contribution in [-0.4, -0.2) is 41.7 Å².